The first-order valence-corrected chi connectivity index (χ1v) is 10.0. The van der Waals surface area contributed by atoms with Crippen LogP contribution in [0.25, 0.3) is 17.1 Å². The molecule has 0 atom stereocenters. The number of hydrogen-bond acceptors (Lipinski definition) is 10. The second-order valence-electron chi connectivity index (χ2n) is 6.96. The minimum atomic E-state index is -0.564. The van der Waals surface area contributed by atoms with Crippen molar-refractivity contribution in [2.24, 2.45) is 5.10 Å². The van der Waals surface area contributed by atoms with Gasteiger partial charge in [0.1, 0.15) is 5.69 Å². The van der Waals surface area contributed by atoms with Gasteiger partial charge in [-0.2, -0.15) is 9.78 Å². The van der Waals surface area contributed by atoms with Gasteiger partial charge in [0.05, 0.1) is 5.71 Å². The Morgan fingerprint density at radius 3 is 2.73 bits per heavy atom. The van der Waals surface area contributed by atoms with Crippen LogP contribution in [0.1, 0.15) is 29.4 Å². The predicted molar refractivity (Wildman–Crippen MR) is 116 cm³/mol. The topological polar surface area (TPSA) is 156 Å². The van der Waals surface area contributed by atoms with Crippen LogP contribution in [0.3, 0.4) is 0 Å². The Bertz CT molecular complexity index is 1350. The highest BCUT2D eigenvalue weighted by molar-refractivity contribution is 6.03. The molecule has 0 unspecified atom stereocenters. The van der Waals surface area contributed by atoms with Gasteiger partial charge in [0.15, 0.2) is 17.2 Å². The number of amides is 1. The minimum Gasteiger partial charge on any atom is -0.454 e. The van der Waals surface area contributed by atoms with Crippen molar-refractivity contribution in [3.8, 4) is 28.6 Å². The van der Waals surface area contributed by atoms with E-state index in [2.05, 4.69) is 31.2 Å². The molecule has 2 aromatic carbocycles. The number of nitrogens with two attached hydrogens (primary N) is 1. The Balaban J connectivity index is 1.55. The number of anilines is 1. The van der Waals surface area contributed by atoms with E-state index in [0.29, 0.717) is 34.9 Å². The lowest BCUT2D eigenvalue weighted by Crippen LogP contribution is -2.21. The van der Waals surface area contributed by atoms with Gasteiger partial charge >= 0.3 is 0 Å². The van der Waals surface area contributed by atoms with Crippen LogP contribution in [0.5, 0.6) is 11.5 Å². The number of carbonyl (C=O) groups is 1. The molecule has 5 rings (SSSR count). The van der Waals surface area contributed by atoms with Gasteiger partial charge in [-0.3, -0.25) is 4.79 Å². The molecule has 1 amide bonds. The maximum atomic E-state index is 13.1. The number of hydrazone groups is 1. The Hall–Kier alpha value is -4.74. The van der Waals surface area contributed by atoms with Gasteiger partial charge in [-0.25, -0.2) is 10.1 Å². The minimum absolute atomic E-state index is 0.00327. The van der Waals surface area contributed by atoms with Crippen molar-refractivity contribution < 1.29 is 18.9 Å². The van der Waals surface area contributed by atoms with Gasteiger partial charge in [0.25, 0.3) is 5.91 Å². The van der Waals surface area contributed by atoms with E-state index >= 15 is 0 Å². The summed E-state index contributed by atoms with van der Waals surface area (Å²) in [6.07, 6.45) is 0.618. The van der Waals surface area contributed by atoms with E-state index in [1.165, 1.54) is 4.68 Å². The van der Waals surface area contributed by atoms with Gasteiger partial charge < -0.3 is 15.2 Å². The number of hydrogen-bond donors (Lipinski definition) is 2. The number of nitrogens with zero attached hydrogens (tertiary/aromatic N) is 6. The molecule has 33 heavy (non-hydrogen) atoms. The van der Waals surface area contributed by atoms with E-state index in [4.69, 9.17) is 19.8 Å². The third-order valence-electron chi connectivity index (χ3n) is 4.96. The zero-order chi connectivity index (χ0) is 22.8. The van der Waals surface area contributed by atoms with Crippen molar-refractivity contribution in [1.29, 1.82) is 0 Å². The van der Waals surface area contributed by atoms with Gasteiger partial charge in [-0.05, 0) is 40.5 Å². The molecule has 166 valence electrons. The number of rotatable bonds is 6. The molecule has 0 aliphatic carbocycles. The second kappa shape index (κ2) is 8.42. The number of benzene rings is 2. The number of aromatic nitrogens is 5. The fourth-order valence-corrected chi connectivity index (χ4v) is 3.37. The summed E-state index contributed by atoms with van der Waals surface area (Å²) < 4.78 is 16.8. The molecule has 0 bridgehead atoms. The average Bonchev–Trinajstić information content (AvgIpc) is 3.58. The van der Waals surface area contributed by atoms with Crippen LogP contribution in [0.4, 0.5) is 5.82 Å². The smallest absolute Gasteiger partial charge is 0.294 e. The average molecular weight is 446 g/mol. The number of fused-ring (bicyclic) bond motifs is 1. The Morgan fingerprint density at radius 1 is 1.15 bits per heavy atom. The maximum Gasteiger partial charge on any atom is 0.294 e. The van der Waals surface area contributed by atoms with E-state index in [0.717, 1.165) is 5.56 Å². The summed E-state index contributed by atoms with van der Waals surface area (Å²) >= 11 is 0. The summed E-state index contributed by atoms with van der Waals surface area (Å²) in [5.74, 6) is 0.631. The van der Waals surface area contributed by atoms with Crippen LogP contribution >= 0.6 is 0 Å². The largest absolute Gasteiger partial charge is 0.454 e. The molecule has 4 aromatic rings. The Kier molecular flexibility index (Phi) is 5.15. The lowest BCUT2D eigenvalue weighted by Gasteiger charge is -2.08. The van der Waals surface area contributed by atoms with Crippen molar-refractivity contribution in [3.05, 3.63) is 59.8 Å². The second-order valence-corrected chi connectivity index (χ2v) is 6.96. The molecular formula is C21H18N8O4. The van der Waals surface area contributed by atoms with E-state index in [-0.39, 0.29) is 24.1 Å². The molecule has 3 heterocycles. The number of carbonyl (C=O) groups excluding carboxylic acids is 1. The van der Waals surface area contributed by atoms with Crippen LogP contribution in [0, 0.1) is 0 Å². The molecule has 0 fully saturated rings. The fourth-order valence-electron chi connectivity index (χ4n) is 3.37. The summed E-state index contributed by atoms with van der Waals surface area (Å²) in [7, 11) is 0. The fraction of sp³-hybridized carbons (Fsp3) is 0.143. The molecule has 2 aromatic heterocycles. The highest BCUT2D eigenvalue weighted by atomic mass is 16.7. The van der Waals surface area contributed by atoms with Gasteiger partial charge in [-0.1, -0.05) is 42.5 Å². The third-order valence-corrected chi connectivity index (χ3v) is 4.96. The molecular weight excluding hydrogens is 428 g/mol. The summed E-state index contributed by atoms with van der Waals surface area (Å²) in [5, 5.41) is 19.8. The van der Waals surface area contributed by atoms with Crippen LogP contribution in [0.15, 0.2) is 58.3 Å². The van der Waals surface area contributed by atoms with Gasteiger partial charge in [0.2, 0.25) is 18.4 Å². The first kappa shape index (κ1) is 20.2. The van der Waals surface area contributed by atoms with Crippen molar-refractivity contribution in [3.63, 3.8) is 0 Å². The maximum absolute atomic E-state index is 13.1. The zero-order valence-corrected chi connectivity index (χ0v) is 17.4. The van der Waals surface area contributed by atoms with Crippen molar-refractivity contribution >= 4 is 17.4 Å². The first-order chi connectivity index (χ1) is 16.2. The van der Waals surface area contributed by atoms with Crippen LogP contribution in [-0.2, 0) is 0 Å². The molecule has 0 saturated heterocycles. The SMILES string of the molecule is CCC(=NNC(=O)c1nnn(-c2nonc2N)c1-c1ccc2c(c1)OCO2)c1ccccc1. The normalized spacial score (nSPS) is 12.7. The van der Waals surface area contributed by atoms with Crippen LogP contribution in [0.2, 0.25) is 0 Å². The lowest BCUT2D eigenvalue weighted by atomic mass is 10.1. The summed E-state index contributed by atoms with van der Waals surface area (Å²) in [6.45, 7) is 2.06. The summed E-state index contributed by atoms with van der Waals surface area (Å²) in [4.78, 5) is 13.1. The van der Waals surface area contributed by atoms with Crippen molar-refractivity contribution in [2.45, 2.75) is 13.3 Å². The molecule has 0 radical (unpaired) electrons. The quantitative estimate of drug-likeness (QED) is 0.335. The van der Waals surface area contributed by atoms with Gasteiger partial charge in [0, 0.05) is 5.56 Å². The Morgan fingerprint density at radius 2 is 1.97 bits per heavy atom. The standard InChI is InChI=1S/C21H18N8O4/c1-2-14(12-6-4-3-5-7-12)23-25-21(30)17-18(13-8-9-15-16(10-13)32-11-31-15)29(28-24-17)20-19(22)26-33-27-20/h3-10H,2,11H2,1H3,(H2,22,26)(H,25,30). The van der Waals surface area contributed by atoms with Crippen LogP contribution < -0.4 is 20.6 Å². The zero-order valence-electron chi connectivity index (χ0n) is 17.4. The van der Waals surface area contributed by atoms with E-state index in [1.54, 1.807) is 18.2 Å². The van der Waals surface area contributed by atoms with Crippen LogP contribution in [-0.4, -0.2) is 43.7 Å². The predicted octanol–water partition coefficient (Wildman–Crippen LogP) is 2.17. The van der Waals surface area contributed by atoms with E-state index in [1.807, 2.05) is 37.3 Å². The van der Waals surface area contributed by atoms with Crippen molar-refractivity contribution in [2.75, 3.05) is 12.5 Å². The summed E-state index contributed by atoms with van der Waals surface area (Å²) in [5.41, 5.74) is 10.9. The first-order valence-electron chi connectivity index (χ1n) is 10.0. The van der Waals surface area contributed by atoms with E-state index < -0.39 is 5.91 Å². The highest BCUT2D eigenvalue weighted by Crippen LogP contribution is 2.37. The molecule has 0 saturated carbocycles. The lowest BCUT2D eigenvalue weighted by molar-refractivity contribution is 0.0950. The molecule has 1 aliphatic heterocycles. The van der Waals surface area contributed by atoms with E-state index in [9.17, 15) is 4.79 Å². The molecule has 12 nitrogen and oxygen atoms in total. The molecule has 0 spiro atoms. The molecule has 12 heteroatoms. The Labute approximate surface area is 186 Å². The van der Waals surface area contributed by atoms with Crippen molar-refractivity contribution in [1.82, 2.24) is 30.7 Å². The third kappa shape index (κ3) is 3.73. The molecule has 3 N–H and O–H groups in total. The number of nitrogen functional groups attached to an aromatic ring is 1. The number of ether oxygens (including phenoxy) is 2. The molecule has 1 aliphatic rings. The number of nitrogens with one attached hydrogen (secondary N) is 1. The monoisotopic (exact) mass is 446 g/mol. The summed E-state index contributed by atoms with van der Waals surface area (Å²) in [6, 6.07) is 14.7. The van der Waals surface area contributed by atoms with Gasteiger partial charge in [-0.15, -0.1) is 5.10 Å². The highest BCUT2D eigenvalue weighted by Gasteiger charge is 2.27.